The van der Waals surface area contributed by atoms with E-state index in [2.05, 4.69) is 10.6 Å². The first-order valence-electron chi connectivity index (χ1n) is 10.9. The Hall–Kier alpha value is -1.85. The van der Waals surface area contributed by atoms with Gasteiger partial charge in [-0.05, 0) is 58.7 Å². The molecule has 0 bridgehead atoms. The molecule has 0 spiro atoms. The molecular weight excluding hydrogens is 405 g/mol. The minimum Gasteiger partial charge on any atom is -0.480 e. The SMILES string of the molecule is CCC[C@H](NC(=O)OC(C)(C)C)C(=O)NC[C@@H]1CC[C@@H](CCB(O)O)C[C@]1(N)C(=O)O. The Labute approximate surface area is 184 Å². The molecule has 1 rings (SSSR count). The van der Waals surface area contributed by atoms with Gasteiger partial charge in [0.05, 0.1) is 0 Å². The van der Waals surface area contributed by atoms with Crippen LogP contribution in [0, 0.1) is 11.8 Å². The first-order chi connectivity index (χ1) is 14.3. The van der Waals surface area contributed by atoms with Crippen LogP contribution in [0.4, 0.5) is 4.79 Å². The summed E-state index contributed by atoms with van der Waals surface area (Å²) in [6.07, 6.45) is 2.40. The molecule has 0 aromatic heterocycles. The summed E-state index contributed by atoms with van der Waals surface area (Å²) in [6, 6.07) is -0.792. The normalized spacial score (nSPS) is 24.7. The number of rotatable bonds is 10. The van der Waals surface area contributed by atoms with Crippen molar-refractivity contribution in [2.75, 3.05) is 6.54 Å². The molecule has 1 aliphatic rings. The van der Waals surface area contributed by atoms with Crippen LogP contribution in [0.1, 0.15) is 66.2 Å². The third kappa shape index (κ3) is 9.04. The topological polar surface area (TPSA) is 171 Å². The van der Waals surface area contributed by atoms with Crippen LogP contribution in [0.5, 0.6) is 0 Å². The molecule has 0 saturated heterocycles. The average molecular weight is 443 g/mol. The van der Waals surface area contributed by atoms with Gasteiger partial charge in [0, 0.05) is 12.5 Å². The Kier molecular flexibility index (Phi) is 10.2. The molecule has 31 heavy (non-hydrogen) atoms. The Morgan fingerprint density at radius 1 is 1.26 bits per heavy atom. The molecule has 0 radical (unpaired) electrons. The Balaban J connectivity index is 2.73. The summed E-state index contributed by atoms with van der Waals surface area (Å²) in [5.41, 5.74) is 4.04. The van der Waals surface area contributed by atoms with Gasteiger partial charge in [0.1, 0.15) is 17.2 Å². The highest BCUT2D eigenvalue weighted by molar-refractivity contribution is 6.40. The van der Waals surface area contributed by atoms with E-state index in [1.165, 1.54) is 0 Å². The van der Waals surface area contributed by atoms with E-state index in [1.807, 2.05) is 6.92 Å². The average Bonchev–Trinajstić information content (AvgIpc) is 2.63. The van der Waals surface area contributed by atoms with Crippen LogP contribution < -0.4 is 16.4 Å². The van der Waals surface area contributed by atoms with Crippen molar-refractivity contribution in [1.82, 2.24) is 10.6 Å². The number of aliphatic carboxylic acids is 1. The van der Waals surface area contributed by atoms with Crippen molar-refractivity contribution in [3.8, 4) is 0 Å². The molecule has 0 aromatic rings. The van der Waals surface area contributed by atoms with E-state index in [0.717, 1.165) is 0 Å². The monoisotopic (exact) mass is 443 g/mol. The highest BCUT2D eigenvalue weighted by Gasteiger charge is 2.47. The molecule has 7 N–H and O–H groups in total. The van der Waals surface area contributed by atoms with Crippen LogP contribution in [0.3, 0.4) is 0 Å². The summed E-state index contributed by atoms with van der Waals surface area (Å²) in [6.45, 7) is 7.15. The molecular formula is C20H38BN3O7. The number of nitrogens with two attached hydrogens (primary N) is 1. The molecule has 1 aliphatic carbocycles. The second-order valence-electron chi connectivity index (χ2n) is 9.48. The highest BCUT2D eigenvalue weighted by atomic mass is 16.6. The zero-order valence-corrected chi connectivity index (χ0v) is 19.0. The summed E-state index contributed by atoms with van der Waals surface area (Å²) >= 11 is 0. The summed E-state index contributed by atoms with van der Waals surface area (Å²) < 4.78 is 5.21. The fraction of sp³-hybridized carbons (Fsp3) is 0.850. The van der Waals surface area contributed by atoms with E-state index in [-0.39, 0.29) is 25.2 Å². The first-order valence-corrected chi connectivity index (χ1v) is 10.9. The molecule has 0 unspecified atom stereocenters. The number of nitrogens with one attached hydrogen (secondary N) is 2. The van der Waals surface area contributed by atoms with Crippen molar-refractivity contribution < 1.29 is 34.3 Å². The molecule has 4 atom stereocenters. The van der Waals surface area contributed by atoms with Gasteiger partial charge in [-0.2, -0.15) is 0 Å². The third-order valence-corrected chi connectivity index (χ3v) is 5.62. The maximum absolute atomic E-state index is 12.7. The molecule has 10 nitrogen and oxygen atoms in total. The zero-order chi connectivity index (χ0) is 23.8. The summed E-state index contributed by atoms with van der Waals surface area (Å²) in [7, 11) is -1.43. The lowest BCUT2D eigenvalue weighted by molar-refractivity contribution is -0.148. The van der Waals surface area contributed by atoms with Gasteiger partial charge in [-0.25, -0.2) is 4.79 Å². The van der Waals surface area contributed by atoms with Gasteiger partial charge in [-0.15, -0.1) is 0 Å². The van der Waals surface area contributed by atoms with E-state index >= 15 is 0 Å². The maximum atomic E-state index is 12.7. The lowest BCUT2D eigenvalue weighted by atomic mass is 9.66. The van der Waals surface area contributed by atoms with E-state index in [0.29, 0.717) is 32.1 Å². The number of carboxylic acids is 1. The molecule has 1 fully saturated rings. The Bertz CT molecular complexity index is 626. The van der Waals surface area contributed by atoms with Gasteiger partial charge < -0.3 is 36.3 Å². The molecule has 2 amide bonds. The van der Waals surface area contributed by atoms with Crippen LogP contribution in [-0.2, 0) is 14.3 Å². The van der Waals surface area contributed by atoms with Gasteiger partial charge in [0.25, 0.3) is 0 Å². The van der Waals surface area contributed by atoms with Crippen molar-refractivity contribution in [2.24, 2.45) is 17.6 Å². The number of hydrogen-bond acceptors (Lipinski definition) is 7. The van der Waals surface area contributed by atoms with Crippen LogP contribution in [-0.4, -0.2) is 64.0 Å². The van der Waals surface area contributed by atoms with E-state index < -0.39 is 48.2 Å². The van der Waals surface area contributed by atoms with E-state index in [4.69, 9.17) is 20.5 Å². The smallest absolute Gasteiger partial charge is 0.451 e. The zero-order valence-electron chi connectivity index (χ0n) is 19.0. The van der Waals surface area contributed by atoms with Crippen molar-refractivity contribution >= 4 is 25.1 Å². The Morgan fingerprint density at radius 2 is 1.90 bits per heavy atom. The first kappa shape index (κ1) is 27.2. The minimum absolute atomic E-state index is 0.0310. The third-order valence-electron chi connectivity index (χ3n) is 5.62. The fourth-order valence-corrected chi connectivity index (χ4v) is 3.97. The van der Waals surface area contributed by atoms with Gasteiger partial charge >= 0.3 is 19.2 Å². The molecule has 0 aromatic carbocycles. The van der Waals surface area contributed by atoms with Crippen molar-refractivity contribution in [2.45, 2.75) is 89.7 Å². The molecule has 11 heteroatoms. The molecule has 1 saturated carbocycles. The fourth-order valence-electron chi connectivity index (χ4n) is 3.97. The van der Waals surface area contributed by atoms with Gasteiger partial charge in [0.2, 0.25) is 5.91 Å². The number of alkyl carbamates (subject to hydrolysis) is 1. The molecule has 0 aliphatic heterocycles. The summed E-state index contributed by atoms with van der Waals surface area (Å²) in [4.78, 5) is 36.6. The lowest BCUT2D eigenvalue weighted by Gasteiger charge is -2.41. The highest BCUT2D eigenvalue weighted by Crippen LogP contribution is 2.38. The predicted molar refractivity (Wildman–Crippen MR) is 116 cm³/mol. The second kappa shape index (κ2) is 11.7. The van der Waals surface area contributed by atoms with Crippen LogP contribution in [0.25, 0.3) is 0 Å². The second-order valence-corrected chi connectivity index (χ2v) is 9.48. The van der Waals surface area contributed by atoms with Gasteiger partial charge in [-0.3, -0.25) is 9.59 Å². The lowest BCUT2D eigenvalue weighted by Crippen LogP contribution is -2.60. The van der Waals surface area contributed by atoms with Gasteiger partial charge in [-0.1, -0.05) is 19.8 Å². The molecule has 178 valence electrons. The van der Waals surface area contributed by atoms with Crippen LogP contribution >= 0.6 is 0 Å². The summed E-state index contributed by atoms with van der Waals surface area (Å²) in [5, 5.41) is 33.2. The van der Waals surface area contributed by atoms with E-state index in [9.17, 15) is 19.5 Å². The Morgan fingerprint density at radius 3 is 2.42 bits per heavy atom. The maximum Gasteiger partial charge on any atom is 0.451 e. The number of carbonyl (C=O) groups is 3. The van der Waals surface area contributed by atoms with Crippen LogP contribution in [0.2, 0.25) is 6.32 Å². The standard InChI is InChI=1S/C20H38BN3O7/c1-5-6-15(24-18(28)31-19(2,3)4)16(25)23-12-14-8-7-13(9-10-21(29)30)11-20(14,22)17(26)27/h13-15,29-30H,5-12,22H2,1-4H3,(H,23,25)(H,24,28)(H,26,27)/t13-,14-,15-,20+/m0/s1. The van der Waals surface area contributed by atoms with Gasteiger partial charge in [0.15, 0.2) is 0 Å². The largest absolute Gasteiger partial charge is 0.480 e. The number of ether oxygens (including phenoxy) is 1. The van der Waals surface area contributed by atoms with Crippen molar-refractivity contribution in [3.63, 3.8) is 0 Å². The molecule has 0 heterocycles. The predicted octanol–water partition coefficient (Wildman–Crippen LogP) is 0.857. The van der Waals surface area contributed by atoms with Crippen LogP contribution in [0.15, 0.2) is 0 Å². The van der Waals surface area contributed by atoms with E-state index in [1.54, 1.807) is 20.8 Å². The number of carboxylic acid groups (broad SMARTS) is 1. The van der Waals surface area contributed by atoms with Crippen molar-refractivity contribution in [1.29, 1.82) is 0 Å². The number of hydrogen-bond donors (Lipinski definition) is 6. The minimum atomic E-state index is -1.52. The number of carbonyl (C=O) groups excluding carboxylic acids is 2. The quantitative estimate of drug-likeness (QED) is 0.270. The number of amides is 2. The van der Waals surface area contributed by atoms with Crippen molar-refractivity contribution in [3.05, 3.63) is 0 Å². The summed E-state index contributed by atoms with van der Waals surface area (Å²) in [5.74, 6) is -2.06.